The van der Waals surface area contributed by atoms with Gasteiger partial charge in [0, 0.05) is 0 Å². The van der Waals surface area contributed by atoms with Gasteiger partial charge in [-0.2, -0.15) is 0 Å². The number of rotatable bonds is 0. The first-order valence-electron chi connectivity index (χ1n) is 6.67. The van der Waals surface area contributed by atoms with Gasteiger partial charge in [-0.1, -0.05) is 0 Å². The highest BCUT2D eigenvalue weighted by Gasteiger charge is 2.48. The van der Waals surface area contributed by atoms with E-state index in [-0.39, 0.29) is 18.3 Å². The Kier molecular flexibility index (Phi) is 2.73. The third kappa shape index (κ3) is 1.79. The lowest BCUT2D eigenvalue weighted by Gasteiger charge is -2.52. The summed E-state index contributed by atoms with van der Waals surface area (Å²) in [5, 5.41) is 29.6. The van der Waals surface area contributed by atoms with Crippen LogP contribution in [0, 0.1) is 23.7 Å². The SMILES string of the molecule is OC1CC2CC(O)CC3CC(O)CC(C1)C23. The van der Waals surface area contributed by atoms with Gasteiger partial charge in [0.05, 0.1) is 18.3 Å². The third-order valence-corrected chi connectivity index (χ3v) is 5.08. The first-order chi connectivity index (χ1) is 7.63. The molecule has 3 heteroatoms. The topological polar surface area (TPSA) is 60.7 Å². The van der Waals surface area contributed by atoms with E-state index in [1.54, 1.807) is 0 Å². The standard InChI is InChI=1S/C13H22O3/c14-10-1-7-2-11(15)5-9-6-12(16)4-8(3-10)13(7)9/h7-16H,1-6H2. The Bertz CT molecular complexity index is 207. The van der Waals surface area contributed by atoms with Gasteiger partial charge < -0.3 is 15.3 Å². The van der Waals surface area contributed by atoms with Crippen LogP contribution in [0.5, 0.6) is 0 Å². The van der Waals surface area contributed by atoms with Crippen LogP contribution >= 0.6 is 0 Å². The molecule has 3 fully saturated rings. The van der Waals surface area contributed by atoms with Crippen molar-refractivity contribution < 1.29 is 15.3 Å². The van der Waals surface area contributed by atoms with Crippen molar-refractivity contribution in [3.63, 3.8) is 0 Å². The highest BCUT2D eigenvalue weighted by atomic mass is 16.3. The number of aliphatic hydroxyl groups is 3. The van der Waals surface area contributed by atoms with Gasteiger partial charge in [-0.3, -0.25) is 0 Å². The smallest absolute Gasteiger partial charge is 0.0545 e. The normalized spacial score (nSPS) is 56.8. The maximum Gasteiger partial charge on any atom is 0.0545 e. The zero-order chi connectivity index (χ0) is 11.3. The van der Waals surface area contributed by atoms with E-state index in [9.17, 15) is 15.3 Å². The molecular weight excluding hydrogens is 204 g/mol. The second-order valence-corrected chi connectivity index (χ2v) is 6.23. The molecule has 3 aliphatic carbocycles. The fourth-order valence-electron chi connectivity index (χ4n) is 4.77. The maximum absolute atomic E-state index is 9.87. The molecule has 0 unspecified atom stereocenters. The summed E-state index contributed by atoms with van der Waals surface area (Å²) < 4.78 is 0. The number of hydrogen-bond acceptors (Lipinski definition) is 3. The Morgan fingerprint density at radius 3 is 1.00 bits per heavy atom. The quantitative estimate of drug-likeness (QED) is 0.575. The summed E-state index contributed by atoms with van der Waals surface area (Å²) in [4.78, 5) is 0. The second kappa shape index (κ2) is 3.97. The minimum absolute atomic E-state index is 0.206. The van der Waals surface area contributed by atoms with Gasteiger partial charge in [0.2, 0.25) is 0 Å². The van der Waals surface area contributed by atoms with E-state index in [1.807, 2.05) is 0 Å². The lowest BCUT2D eigenvalue weighted by molar-refractivity contribution is -0.104. The van der Waals surface area contributed by atoms with Gasteiger partial charge in [0.25, 0.3) is 0 Å². The van der Waals surface area contributed by atoms with Crippen LogP contribution in [0.4, 0.5) is 0 Å². The zero-order valence-corrected chi connectivity index (χ0v) is 9.63. The summed E-state index contributed by atoms with van der Waals surface area (Å²) in [5.74, 6) is 2.15. The molecule has 0 aliphatic heterocycles. The van der Waals surface area contributed by atoms with Gasteiger partial charge in [-0.05, 0) is 62.2 Å². The fraction of sp³-hybridized carbons (Fsp3) is 1.00. The fourth-order valence-corrected chi connectivity index (χ4v) is 4.77. The molecule has 0 aromatic rings. The molecule has 3 aliphatic rings. The van der Waals surface area contributed by atoms with Gasteiger partial charge >= 0.3 is 0 Å². The molecule has 0 bridgehead atoms. The maximum atomic E-state index is 9.87. The first kappa shape index (κ1) is 11.0. The van der Waals surface area contributed by atoms with Crippen molar-refractivity contribution in [1.29, 1.82) is 0 Å². The van der Waals surface area contributed by atoms with Crippen LogP contribution in [-0.4, -0.2) is 33.6 Å². The van der Waals surface area contributed by atoms with Crippen molar-refractivity contribution in [2.45, 2.75) is 56.8 Å². The summed E-state index contributed by atoms with van der Waals surface area (Å²) in [6.45, 7) is 0. The van der Waals surface area contributed by atoms with E-state index in [2.05, 4.69) is 0 Å². The Hall–Kier alpha value is -0.120. The minimum atomic E-state index is -0.206. The van der Waals surface area contributed by atoms with Crippen molar-refractivity contribution in [2.75, 3.05) is 0 Å². The summed E-state index contributed by atoms with van der Waals surface area (Å²) in [5.41, 5.74) is 0. The summed E-state index contributed by atoms with van der Waals surface area (Å²) in [6.07, 6.45) is 4.58. The van der Waals surface area contributed by atoms with Gasteiger partial charge in [0.1, 0.15) is 0 Å². The molecule has 0 radical (unpaired) electrons. The Morgan fingerprint density at radius 2 is 0.750 bits per heavy atom. The molecule has 0 aromatic heterocycles. The van der Waals surface area contributed by atoms with Crippen LogP contribution < -0.4 is 0 Å². The summed E-state index contributed by atoms with van der Waals surface area (Å²) in [7, 11) is 0. The average molecular weight is 226 g/mol. The highest BCUT2D eigenvalue weighted by Crippen LogP contribution is 2.52. The summed E-state index contributed by atoms with van der Waals surface area (Å²) >= 11 is 0. The van der Waals surface area contributed by atoms with Gasteiger partial charge in [0.15, 0.2) is 0 Å². The van der Waals surface area contributed by atoms with E-state index < -0.39 is 0 Å². The first-order valence-corrected chi connectivity index (χ1v) is 6.67. The molecule has 0 aromatic carbocycles. The van der Waals surface area contributed by atoms with Crippen LogP contribution in [0.1, 0.15) is 38.5 Å². The second-order valence-electron chi connectivity index (χ2n) is 6.23. The zero-order valence-electron chi connectivity index (χ0n) is 9.63. The average Bonchev–Trinajstić information content (AvgIpc) is 2.14. The minimum Gasteiger partial charge on any atom is -0.393 e. The largest absolute Gasteiger partial charge is 0.393 e. The van der Waals surface area contributed by atoms with Crippen LogP contribution in [0.15, 0.2) is 0 Å². The van der Waals surface area contributed by atoms with E-state index >= 15 is 0 Å². The molecule has 92 valence electrons. The van der Waals surface area contributed by atoms with E-state index in [0.717, 1.165) is 38.5 Å². The van der Waals surface area contributed by atoms with Crippen LogP contribution in [0.3, 0.4) is 0 Å². The highest BCUT2D eigenvalue weighted by molar-refractivity contribution is 4.98. The molecule has 0 spiro atoms. The van der Waals surface area contributed by atoms with Crippen molar-refractivity contribution in [3.8, 4) is 0 Å². The third-order valence-electron chi connectivity index (χ3n) is 5.08. The number of aliphatic hydroxyl groups excluding tert-OH is 3. The number of hydrogen-bond donors (Lipinski definition) is 3. The van der Waals surface area contributed by atoms with E-state index in [4.69, 9.17) is 0 Å². The van der Waals surface area contributed by atoms with Crippen LogP contribution in [-0.2, 0) is 0 Å². The molecule has 3 rings (SSSR count). The molecule has 0 heterocycles. The van der Waals surface area contributed by atoms with Crippen molar-refractivity contribution >= 4 is 0 Å². The van der Waals surface area contributed by atoms with Crippen molar-refractivity contribution in [2.24, 2.45) is 23.7 Å². The van der Waals surface area contributed by atoms with E-state index in [1.165, 1.54) is 0 Å². The molecule has 3 nitrogen and oxygen atoms in total. The van der Waals surface area contributed by atoms with Crippen molar-refractivity contribution in [1.82, 2.24) is 0 Å². The predicted molar refractivity (Wildman–Crippen MR) is 59.7 cm³/mol. The molecule has 16 heavy (non-hydrogen) atoms. The molecule has 0 amide bonds. The van der Waals surface area contributed by atoms with Crippen molar-refractivity contribution in [3.05, 3.63) is 0 Å². The molecule has 0 atom stereocenters. The lowest BCUT2D eigenvalue weighted by atomic mass is 9.55. The van der Waals surface area contributed by atoms with E-state index in [0.29, 0.717) is 23.7 Å². The molecule has 0 saturated heterocycles. The predicted octanol–water partition coefficient (Wildman–Crippen LogP) is 0.915. The Labute approximate surface area is 96.5 Å². The van der Waals surface area contributed by atoms with Crippen LogP contribution in [0.25, 0.3) is 0 Å². The lowest BCUT2D eigenvalue weighted by Crippen LogP contribution is -2.49. The molecular formula is C13H22O3. The molecule has 3 saturated carbocycles. The molecule has 3 N–H and O–H groups in total. The summed E-state index contributed by atoms with van der Waals surface area (Å²) in [6, 6.07) is 0. The Balaban J connectivity index is 1.83. The monoisotopic (exact) mass is 226 g/mol. The van der Waals surface area contributed by atoms with Gasteiger partial charge in [-0.15, -0.1) is 0 Å². The van der Waals surface area contributed by atoms with Crippen LogP contribution in [0.2, 0.25) is 0 Å². The van der Waals surface area contributed by atoms with Gasteiger partial charge in [-0.25, -0.2) is 0 Å². The Morgan fingerprint density at radius 1 is 0.500 bits per heavy atom.